The van der Waals surface area contributed by atoms with Gasteiger partial charge in [-0.2, -0.15) is 0 Å². The molecule has 29 heteroatoms. The fraction of sp³-hybridized carbons (Fsp3) is 0.734. The van der Waals surface area contributed by atoms with E-state index < -0.39 is 17.1 Å². The summed E-state index contributed by atoms with van der Waals surface area (Å²) in [6, 6.07) is 25.0. The molecule has 3 aromatic carbocycles. The van der Waals surface area contributed by atoms with Crippen LogP contribution in [0.3, 0.4) is 0 Å². The predicted octanol–water partition coefficient (Wildman–Crippen LogP) is 4.42. The molecule has 0 bridgehead atoms. The van der Waals surface area contributed by atoms with Crippen molar-refractivity contribution >= 4 is 0 Å². The van der Waals surface area contributed by atoms with E-state index in [0.717, 1.165) is 181 Å². The van der Waals surface area contributed by atoms with Crippen LogP contribution in [0.1, 0.15) is 74.5 Å². The molecule has 13 aliphatic heterocycles. The molecule has 0 N–H and O–H groups in total. The molecule has 4 aromatic rings. The zero-order valence-corrected chi connectivity index (χ0v) is 62.4. The van der Waals surface area contributed by atoms with Gasteiger partial charge >= 0.3 is 17.1 Å². The van der Waals surface area contributed by atoms with Gasteiger partial charge in [0.1, 0.15) is 98.1 Å². The summed E-state index contributed by atoms with van der Waals surface area (Å²) in [5, 5.41) is 0. The standard InChI is InChI=1S/C28H28O6.C15H26O6.C14H24O4.C12H15N3O6.C10H18O4/c1-7-22(29-13-25-16-32-25)8-2-19(1)28(20-3-9-23(10-4-20)30-14-26-17-33-26)21-5-11-24(12-6-21)31-15-27-18-34-27;1-2-15(9-16-3-12-6-19-12,10-17-4-13-7-20-13)11-18-5-14-8-21-14;1-2-12(6-16-8-14-10-18-14)4-3-11(1)5-15-7-13-9-17-13;16-10-13(1-7-4-19-7)11(17)15(3-9-6-21-9)12(18)14(10)2-8-5-20-8;1(3-11-5-9-7-13-9)2-4-12-6-10-8-14-10/h1-12,25-28H,13-18H2;12-14H,2-11H2,1H3;11-14H,1-10H2;7-9H,1-6H2;9-10H,1-8H2. The van der Waals surface area contributed by atoms with Crippen molar-refractivity contribution in [2.45, 2.75) is 157 Å². The highest BCUT2D eigenvalue weighted by Gasteiger charge is 2.37. The fourth-order valence-electron chi connectivity index (χ4n) is 12.1. The van der Waals surface area contributed by atoms with Gasteiger partial charge in [-0.1, -0.05) is 43.3 Å². The summed E-state index contributed by atoms with van der Waals surface area (Å²) in [5.41, 5.74) is 1.69. The third-order valence-electron chi connectivity index (χ3n) is 20.3. The van der Waals surface area contributed by atoms with Crippen LogP contribution in [0.5, 0.6) is 17.2 Å². The Morgan fingerprint density at radius 3 is 0.787 bits per heavy atom. The van der Waals surface area contributed by atoms with E-state index in [1.54, 1.807) is 0 Å². The van der Waals surface area contributed by atoms with E-state index in [4.69, 9.17) is 109 Å². The summed E-state index contributed by atoms with van der Waals surface area (Å²) in [6.45, 7) is 25.0. The molecule has 598 valence electrons. The number of rotatable bonds is 48. The summed E-state index contributed by atoms with van der Waals surface area (Å²) in [6.07, 6.45) is 11.1. The van der Waals surface area contributed by atoms with Gasteiger partial charge in [-0.05, 0) is 110 Å². The monoisotopic (exact) mass is 1520 g/mol. The van der Waals surface area contributed by atoms with Gasteiger partial charge in [-0.3, -0.25) is 0 Å². The lowest BCUT2D eigenvalue weighted by molar-refractivity contribution is -0.0762. The third kappa shape index (κ3) is 29.6. The molecule has 13 atom stereocenters. The number of hydrogen-bond donors (Lipinski definition) is 0. The number of epoxide rings is 13. The second-order valence-corrected chi connectivity index (χ2v) is 30.4. The van der Waals surface area contributed by atoms with E-state index in [1.807, 2.05) is 36.4 Å². The van der Waals surface area contributed by atoms with Crippen molar-refractivity contribution in [3.8, 4) is 17.2 Å². The lowest BCUT2D eigenvalue weighted by atomic mass is 9.83. The van der Waals surface area contributed by atoms with Crippen LogP contribution in [0, 0.1) is 17.3 Å². The molecule has 14 heterocycles. The number of benzene rings is 3. The predicted molar refractivity (Wildman–Crippen MR) is 386 cm³/mol. The van der Waals surface area contributed by atoms with E-state index >= 15 is 0 Å². The summed E-state index contributed by atoms with van der Waals surface area (Å²) >= 11 is 0. The van der Waals surface area contributed by atoms with Gasteiger partial charge in [0, 0.05) is 37.8 Å². The molecule has 14 fully saturated rings. The Balaban J connectivity index is 0.000000117. The zero-order valence-electron chi connectivity index (χ0n) is 62.4. The maximum absolute atomic E-state index is 12.4. The molecule has 1 saturated carbocycles. The molecule has 1 aliphatic carbocycles. The molecule has 29 nitrogen and oxygen atoms in total. The maximum atomic E-state index is 12.4. The average Bonchev–Trinajstić information content (AvgIpc) is 1.66. The van der Waals surface area contributed by atoms with Crippen molar-refractivity contribution in [2.75, 3.05) is 198 Å². The Morgan fingerprint density at radius 1 is 0.315 bits per heavy atom. The van der Waals surface area contributed by atoms with Crippen LogP contribution in [0.4, 0.5) is 0 Å². The Morgan fingerprint density at radius 2 is 0.546 bits per heavy atom. The SMILES string of the molecule is C(CCOCC1CO1)COCC1CO1.C1CC(COCC2CO2)CCC1COCC1CO1.CCC(COCC1CO1)(COCC1CO1)COCC1CO1.O=c1n(CC2CO2)c(=O)n(CC2CO2)c(=O)n1CC1CO1.c1cc(C(c2ccc(OCC3CO3)cc2)c2ccc(OCC3CO3)cc2)ccc1OCC1CO1. The molecule has 0 amide bonds. The minimum Gasteiger partial charge on any atom is -0.491 e. The molecular weight excluding hydrogens is 1410 g/mol. The van der Waals surface area contributed by atoms with Crippen LogP contribution in [-0.2, 0) is 114 Å². The summed E-state index contributed by atoms with van der Waals surface area (Å²) in [5.74, 6) is 4.15. The molecule has 0 spiro atoms. The molecule has 14 aliphatic rings. The van der Waals surface area contributed by atoms with Gasteiger partial charge in [0.05, 0.1) is 190 Å². The van der Waals surface area contributed by atoms with E-state index in [-0.39, 0.29) is 67.6 Å². The number of unbranched alkanes of at least 4 members (excludes halogenated alkanes) is 1. The first-order chi connectivity index (χ1) is 53.1. The van der Waals surface area contributed by atoms with Gasteiger partial charge in [0.15, 0.2) is 0 Å². The average molecular weight is 1520 g/mol. The number of ether oxygens (including phenoxy) is 23. The summed E-state index contributed by atoms with van der Waals surface area (Å²) in [4.78, 5) is 37.1. The zero-order chi connectivity index (χ0) is 73.7. The van der Waals surface area contributed by atoms with Crippen molar-refractivity contribution in [3.63, 3.8) is 0 Å². The van der Waals surface area contributed by atoms with Crippen LogP contribution >= 0.6 is 0 Å². The van der Waals surface area contributed by atoms with E-state index in [9.17, 15) is 14.4 Å². The quantitative estimate of drug-likeness (QED) is 0.0336. The van der Waals surface area contributed by atoms with Gasteiger partial charge in [0.2, 0.25) is 0 Å². The molecule has 0 radical (unpaired) electrons. The van der Waals surface area contributed by atoms with Gasteiger partial charge in [0.25, 0.3) is 0 Å². The van der Waals surface area contributed by atoms with E-state index in [0.29, 0.717) is 122 Å². The number of hydrogen-bond acceptors (Lipinski definition) is 26. The van der Waals surface area contributed by atoms with Crippen LogP contribution < -0.4 is 31.3 Å². The second-order valence-electron chi connectivity index (χ2n) is 30.4. The molecule has 13 unspecified atom stereocenters. The summed E-state index contributed by atoms with van der Waals surface area (Å²) < 4.78 is 127. The van der Waals surface area contributed by atoms with Crippen LogP contribution in [-0.4, -0.2) is 291 Å². The number of nitrogens with zero attached hydrogens (tertiary/aromatic N) is 3. The van der Waals surface area contributed by atoms with E-state index in [1.165, 1.54) is 42.4 Å². The van der Waals surface area contributed by atoms with Crippen molar-refractivity contribution < 1.29 is 109 Å². The number of aromatic nitrogens is 3. The lowest BCUT2D eigenvalue weighted by Gasteiger charge is -2.32. The first-order valence-electron chi connectivity index (χ1n) is 39.3. The normalized spacial score (nSPS) is 29.6. The minimum atomic E-state index is -0.594. The van der Waals surface area contributed by atoms with Crippen molar-refractivity contribution in [1.29, 1.82) is 0 Å². The maximum Gasteiger partial charge on any atom is 0.336 e. The Bertz CT molecular complexity index is 3110. The van der Waals surface area contributed by atoms with Crippen LogP contribution in [0.15, 0.2) is 87.2 Å². The smallest absolute Gasteiger partial charge is 0.336 e. The van der Waals surface area contributed by atoms with Crippen molar-refractivity contribution in [3.05, 3.63) is 121 Å². The largest absolute Gasteiger partial charge is 0.491 e. The third-order valence-corrected chi connectivity index (χ3v) is 20.3. The topological polar surface area (TPSA) is 321 Å². The van der Waals surface area contributed by atoms with Gasteiger partial charge < -0.3 is 109 Å². The highest BCUT2D eigenvalue weighted by molar-refractivity contribution is 5.47. The molecule has 108 heavy (non-hydrogen) atoms. The Kier molecular flexibility index (Phi) is 29.7. The Hall–Kier alpha value is -5.33. The van der Waals surface area contributed by atoms with Crippen molar-refractivity contribution in [1.82, 2.24) is 13.7 Å². The van der Waals surface area contributed by atoms with Crippen LogP contribution in [0.25, 0.3) is 0 Å². The Labute approximate surface area is 630 Å². The first kappa shape index (κ1) is 79.3. The highest BCUT2D eigenvalue weighted by atomic mass is 16.6. The molecule has 18 rings (SSSR count). The van der Waals surface area contributed by atoms with Crippen LogP contribution in [0.2, 0.25) is 0 Å². The first-order valence-corrected chi connectivity index (χ1v) is 39.3. The highest BCUT2D eigenvalue weighted by Crippen LogP contribution is 2.36. The van der Waals surface area contributed by atoms with Gasteiger partial charge in [-0.25, -0.2) is 28.1 Å². The summed E-state index contributed by atoms with van der Waals surface area (Å²) in [7, 11) is 0. The van der Waals surface area contributed by atoms with Crippen molar-refractivity contribution in [2.24, 2.45) is 17.3 Å². The second kappa shape index (κ2) is 40.4. The minimum absolute atomic E-state index is 0.0717. The lowest BCUT2D eigenvalue weighted by Crippen LogP contribution is -2.55. The molecule has 13 saturated heterocycles. The fourth-order valence-corrected chi connectivity index (χ4v) is 12.1. The van der Waals surface area contributed by atoms with E-state index in [2.05, 4.69) is 43.3 Å². The molecular formula is C79H111N3O26. The van der Waals surface area contributed by atoms with Gasteiger partial charge in [-0.15, -0.1) is 0 Å². The molecule has 1 aromatic heterocycles.